The zero-order chi connectivity index (χ0) is 16.4. The molecule has 0 aromatic heterocycles. The van der Waals surface area contributed by atoms with E-state index in [2.05, 4.69) is 5.32 Å². The molecular weight excluding hydrogens is 295 g/mol. The summed E-state index contributed by atoms with van der Waals surface area (Å²) in [6.07, 6.45) is 0. The van der Waals surface area contributed by atoms with E-state index < -0.39 is 32.1 Å². The van der Waals surface area contributed by atoms with Crippen LogP contribution in [0.25, 0.3) is 0 Å². The summed E-state index contributed by atoms with van der Waals surface area (Å²) in [6.45, 7) is 6.48. The van der Waals surface area contributed by atoms with Crippen LogP contribution in [0.15, 0.2) is 18.2 Å². The third-order valence-corrected chi connectivity index (χ3v) is 6.37. The Morgan fingerprint density at radius 1 is 1.24 bits per heavy atom. The van der Waals surface area contributed by atoms with Gasteiger partial charge in [0, 0.05) is 0 Å². The molecule has 7 heteroatoms. The van der Waals surface area contributed by atoms with Gasteiger partial charge in [-0.3, -0.25) is 4.79 Å². The van der Waals surface area contributed by atoms with Crippen molar-refractivity contribution in [3.63, 3.8) is 0 Å². The predicted molar refractivity (Wildman–Crippen MR) is 82.1 cm³/mol. The molecule has 1 aromatic carbocycles. The second-order valence-electron chi connectivity index (χ2n) is 5.40. The van der Waals surface area contributed by atoms with Crippen molar-refractivity contribution in [3.05, 3.63) is 24.0 Å². The quantitative estimate of drug-likeness (QED) is 0.815. The Bertz CT molecular complexity index is 629. The van der Waals surface area contributed by atoms with Gasteiger partial charge in [0.15, 0.2) is 9.84 Å². The lowest BCUT2D eigenvalue weighted by Gasteiger charge is -2.21. The maximum atomic E-state index is 12.9. The molecule has 1 rings (SSSR count). The van der Waals surface area contributed by atoms with Gasteiger partial charge in [-0.15, -0.1) is 0 Å². The molecule has 1 amide bonds. The zero-order valence-electron chi connectivity index (χ0n) is 12.6. The molecule has 3 N–H and O–H groups in total. The van der Waals surface area contributed by atoms with Crippen LogP contribution >= 0.6 is 0 Å². The lowest BCUT2D eigenvalue weighted by Crippen LogP contribution is -2.39. The van der Waals surface area contributed by atoms with Gasteiger partial charge in [0.2, 0.25) is 5.91 Å². The van der Waals surface area contributed by atoms with Crippen LogP contribution < -0.4 is 11.1 Å². The maximum absolute atomic E-state index is 12.9. The number of carbonyl (C=O) groups is 1. The number of nitrogens with one attached hydrogen (secondary N) is 1. The first-order chi connectivity index (χ1) is 9.57. The van der Waals surface area contributed by atoms with E-state index in [0.717, 1.165) is 12.1 Å². The molecule has 0 saturated heterocycles. The molecular formula is C14H21FN2O3S. The van der Waals surface area contributed by atoms with Gasteiger partial charge in [0.1, 0.15) is 11.1 Å². The van der Waals surface area contributed by atoms with Crippen LogP contribution in [0.1, 0.15) is 27.7 Å². The molecule has 1 aromatic rings. The molecule has 0 bridgehead atoms. The summed E-state index contributed by atoms with van der Waals surface area (Å²) in [5.41, 5.74) is 5.82. The first-order valence-corrected chi connectivity index (χ1v) is 8.27. The minimum atomic E-state index is -3.61. The third kappa shape index (κ3) is 3.93. The van der Waals surface area contributed by atoms with Gasteiger partial charge in [-0.25, -0.2) is 12.8 Å². The number of carbonyl (C=O) groups excluding carboxylic acids is 1. The highest BCUT2D eigenvalue weighted by atomic mass is 32.2. The van der Waals surface area contributed by atoms with Gasteiger partial charge in [0.25, 0.3) is 0 Å². The van der Waals surface area contributed by atoms with E-state index in [4.69, 9.17) is 5.73 Å². The fraction of sp³-hybridized carbons (Fsp3) is 0.500. The highest BCUT2D eigenvalue weighted by Gasteiger charge is 2.34. The Hall–Kier alpha value is -1.63. The number of halogens is 1. The molecule has 0 aliphatic rings. The van der Waals surface area contributed by atoms with E-state index in [1.54, 1.807) is 20.8 Å². The number of nitrogens with two attached hydrogens (primary N) is 1. The Kier molecular flexibility index (Phi) is 5.33. The van der Waals surface area contributed by atoms with Gasteiger partial charge in [-0.2, -0.15) is 0 Å². The largest absolute Gasteiger partial charge is 0.397 e. The van der Waals surface area contributed by atoms with E-state index >= 15 is 0 Å². The highest BCUT2D eigenvalue weighted by Crippen LogP contribution is 2.22. The molecule has 2 unspecified atom stereocenters. The molecule has 0 saturated carbocycles. The molecule has 0 aliphatic heterocycles. The maximum Gasteiger partial charge on any atom is 0.242 e. The Morgan fingerprint density at radius 3 is 2.29 bits per heavy atom. The SMILES string of the molecule is CC(C)C(C)S(=O)(=O)C(C)C(=O)Nc1ccc(F)cc1N. The number of anilines is 2. The average molecular weight is 316 g/mol. The number of hydrogen-bond acceptors (Lipinski definition) is 4. The summed E-state index contributed by atoms with van der Waals surface area (Å²) in [5, 5.41) is 0.583. The molecule has 0 heterocycles. The number of benzene rings is 1. The van der Waals surface area contributed by atoms with Crippen LogP contribution in [0, 0.1) is 11.7 Å². The van der Waals surface area contributed by atoms with Crippen LogP contribution in [0.3, 0.4) is 0 Å². The minimum Gasteiger partial charge on any atom is -0.397 e. The molecule has 0 aliphatic carbocycles. The number of rotatable bonds is 5. The normalized spacial score (nSPS) is 14.8. The highest BCUT2D eigenvalue weighted by molar-refractivity contribution is 7.93. The second kappa shape index (κ2) is 6.43. The Morgan fingerprint density at radius 2 is 1.81 bits per heavy atom. The van der Waals surface area contributed by atoms with E-state index in [9.17, 15) is 17.6 Å². The fourth-order valence-electron chi connectivity index (χ4n) is 1.73. The van der Waals surface area contributed by atoms with Crippen LogP contribution in [0.4, 0.5) is 15.8 Å². The minimum absolute atomic E-state index is 0.0462. The number of nitrogen functional groups attached to an aromatic ring is 1. The van der Waals surface area contributed by atoms with Crippen molar-refractivity contribution >= 4 is 27.1 Å². The molecule has 5 nitrogen and oxygen atoms in total. The van der Waals surface area contributed by atoms with Gasteiger partial charge < -0.3 is 11.1 Å². The van der Waals surface area contributed by atoms with Crippen molar-refractivity contribution < 1.29 is 17.6 Å². The number of sulfone groups is 1. The molecule has 0 spiro atoms. The van der Waals surface area contributed by atoms with E-state index in [1.807, 2.05) is 0 Å². The molecule has 2 atom stereocenters. The molecule has 0 fully saturated rings. The van der Waals surface area contributed by atoms with Crippen LogP contribution in [-0.4, -0.2) is 24.8 Å². The second-order valence-corrected chi connectivity index (χ2v) is 8.03. The van der Waals surface area contributed by atoms with E-state index in [0.29, 0.717) is 0 Å². The number of hydrogen-bond donors (Lipinski definition) is 2. The lowest BCUT2D eigenvalue weighted by molar-refractivity contribution is -0.115. The summed E-state index contributed by atoms with van der Waals surface area (Å²) in [6, 6.07) is 3.50. The summed E-state index contributed by atoms with van der Waals surface area (Å²) in [5.74, 6) is -1.30. The van der Waals surface area contributed by atoms with Crippen LogP contribution in [0.5, 0.6) is 0 Å². The third-order valence-electron chi connectivity index (χ3n) is 3.59. The van der Waals surface area contributed by atoms with Crippen molar-refractivity contribution in [1.82, 2.24) is 0 Å². The van der Waals surface area contributed by atoms with Crippen molar-refractivity contribution in [2.45, 2.75) is 38.2 Å². The van der Waals surface area contributed by atoms with Gasteiger partial charge in [0.05, 0.1) is 16.6 Å². The van der Waals surface area contributed by atoms with Crippen LogP contribution in [0.2, 0.25) is 0 Å². The lowest BCUT2D eigenvalue weighted by atomic mass is 10.2. The monoisotopic (exact) mass is 316 g/mol. The van der Waals surface area contributed by atoms with Gasteiger partial charge in [-0.1, -0.05) is 13.8 Å². The van der Waals surface area contributed by atoms with Crippen molar-refractivity contribution in [1.29, 1.82) is 0 Å². The molecule has 118 valence electrons. The van der Waals surface area contributed by atoms with Crippen molar-refractivity contribution in [2.75, 3.05) is 11.1 Å². The van der Waals surface area contributed by atoms with E-state index in [-0.39, 0.29) is 17.3 Å². The molecule has 21 heavy (non-hydrogen) atoms. The topological polar surface area (TPSA) is 89.3 Å². The van der Waals surface area contributed by atoms with Crippen LogP contribution in [-0.2, 0) is 14.6 Å². The first kappa shape index (κ1) is 17.4. The average Bonchev–Trinajstić information content (AvgIpc) is 2.39. The smallest absolute Gasteiger partial charge is 0.242 e. The van der Waals surface area contributed by atoms with Gasteiger partial charge >= 0.3 is 0 Å². The summed E-state index contributed by atoms with van der Waals surface area (Å²) in [7, 11) is -3.61. The fourth-order valence-corrected chi connectivity index (χ4v) is 3.49. The summed E-state index contributed by atoms with van der Waals surface area (Å²) in [4.78, 5) is 12.1. The van der Waals surface area contributed by atoms with E-state index in [1.165, 1.54) is 13.0 Å². The summed E-state index contributed by atoms with van der Waals surface area (Å²) >= 11 is 0. The zero-order valence-corrected chi connectivity index (χ0v) is 13.4. The molecule has 0 radical (unpaired) electrons. The standard InChI is InChI=1S/C14H21FN2O3S/c1-8(2)9(3)21(19,20)10(4)14(18)17-13-6-5-11(15)7-12(13)16/h5-10H,16H2,1-4H3,(H,17,18). The summed E-state index contributed by atoms with van der Waals surface area (Å²) < 4.78 is 37.5. The van der Waals surface area contributed by atoms with Gasteiger partial charge in [-0.05, 0) is 38.0 Å². The Labute approximate surface area is 124 Å². The van der Waals surface area contributed by atoms with Crippen molar-refractivity contribution in [2.24, 2.45) is 5.92 Å². The Balaban J connectivity index is 2.93. The number of amides is 1. The predicted octanol–water partition coefficient (Wildman–Crippen LogP) is 2.19. The first-order valence-electron chi connectivity index (χ1n) is 6.66. The van der Waals surface area contributed by atoms with Crippen molar-refractivity contribution in [3.8, 4) is 0 Å².